The average molecular weight is 522 g/mol. The second-order valence-electron chi connectivity index (χ2n) is 9.40. The van der Waals surface area contributed by atoms with Crippen molar-refractivity contribution in [2.24, 2.45) is 5.73 Å². The van der Waals surface area contributed by atoms with Crippen LogP contribution in [-0.2, 0) is 32.0 Å². The van der Waals surface area contributed by atoms with Crippen molar-refractivity contribution in [3.63, 3.8) is 0 Å². The molecule has 0 spiro atoms. The van der Waals surface area contributed by atoms with E-state index in [1.807, 2.05) is 24.3 Å². The maximum atomic E-state index is 13.8. The number of benzene rings is 2. The molecule has 0 saturated carbocycles. The first-order chi connectivity index (χ1) is 18.2. The number of carboxylic acid groups (broad SMARTS) is 1. The number of aromatic amines is 1. The maximum absolute atomic E-state index is 13.8. The number of aromatic nitrogens is 1. The molecule has 7 N–H and O–H groups in total. The summed E-state index contributed by atoms with van der Waals surface area (Å²) in [6, 6.07) is 11.2. The predicted molar refractivity (Wildman–Crippen MR) is 139 cm³/mol. The van der Waals surface area contributed by atoms with Gasteiger partial charge in [0.15, 0.2) is 0 Å². The van der Waals surface area contributed by atoms with Crippen LogP contribution < -0.4 is 16.4 Å². The molecule has 38 heavy (non-hydrogen) atoms. The van der Waals surface area contributed by atoms with Crippen LogP contribution >= 0.6 is 0 Å². The van der Waals surface area contributed by atoms with Crippen molar-refractivity contribution in [2.75, 3.05) is 13.1 Å². The van der Waals surface area contributed by atoms with Crippen molar-refractivity contribution >= 4 is 34.6 Å². The van der Waals surface area contributed by atoms with Crippen molar-refractivity contribution < 1.29 is 29.4 Å². The third-order valence-electron chi connectivity index (χ3n) is 6.69. The van der Waals surface area contributed by atoms with Gasteiger partial charge < -0.3 is 36.5 Å². The first-order valence-corrected chi connectivity index (χ1v) is 12.4. The van der Waals surface area contributed by atoms with Crippen molar-refractivity contribution in [1.82, 2.24) is 20.5 Å². The second-order valence-corrected chi connectivity index (χ2v) is 9.40. The largest absolute Gasteiger partial charge is 0.508 e. The number of hydrogen-bond acceptors (Lipinski definition) is 6. The fourth-order valence-electron chi connectivity index (χ4n) is 4.76. The number of nitrogens with zero attached hydrogens (tertiary/aromatic N) is 1. The van der Waals surface area contributed by atoms with E-state index in [2.05, 4.69) is 15.6 Å². The SMILES string of the molecule is NC(Cc1ccc(O)cc1)C(=O)NC(Cc1c[nH]c2ccccc12)C(=O)N1CCCC1C(=O)NCC(=O)O. The summed E-state index contributed by atoms with van der Waals surface area (Å²) in [6.45, 7) is -0.233. The molecule has 0 bridgehead atoms. The van der Waals surface area contributed by atoms with Gasteiger partial charge in [0.05, 0.1) is 6.04 Å². The molecule has 3 aromatic rings. The van der Waals surface area contributed by atoms with Crippen molar-refractivity contribution in [2.45, 2.75) is 43.8 Å². The van der Waals surface area contributed by atoms with Gasteiger partial charge in [0.1, 0.15) is 24.4 Å². The summed E-state index contributed by atoms with van der Waals surface area (Å²) < 4.78 is 0. The number of fused-ring (bicyclic) bond motifs is 1. The summed E-state index contributed by atoms with van der Waals surface area (Å²) in [6.07, 6.45) is 3.12. The number of carbonyl (C=O) groups is 4. The lowest BCUT2D eigenvalue weighted by atomic mass is 10.0. The summed E-state index contributed by atoms with van der Waals surface area (Å²) in [7, 11) is 0. The first-order valence-electron chi connectivity index (χ1n) is 12.4. The lowest BCUT2D eigenvalue weighted by Crippen LogP contribution is -2.56. The molecular formula is C27H31N5O6. The molecule has 1 fully saturated rings. The minimum atomic E-state index is -1.18. The quantitative estimate of drug-likeness (QED) is 0.227. The van der Waals surface area contributed by atoms with E-state index in [1.165, 1.54) is 17.0 Å². The van der Waals surface area contributed by atoms with E-state index in [1.54, 1.807) is 18.3 Å². The number of nitrogens with two attached hydrogens (primary N) is 1. The molecule has 11 nitrogen and oxygen atoms in total. The maximum Gasteiger partial charge on any atom is 0.322 e. The standard InChI is InChI=1S/C27H31N5O6/c28-20(12-16-7-9-18(33)10-8-16)25(36)31-22(13-17-14-29-21-5-2-1-4-19(17)21)27(38)32-11-3-6-23(32)26(37)30-15-24(34)35/h1-2,4-5,7-10,14,20,22-23,29,33H,3,6,11-13,15,28H2,(H,30,37)(H,31,36)(H,34,35). The molecule has 3 amide bonds. The Morgan fingerprint density at radius 1 is 1.08 bits per heavy atom. The van der Waals surface area contributed by atoms with Crippen molar-refractivity contribution in [1.29, 1.82) is 0 Å². The molecular weight excluding hydrogens is 490 g/mol. The van der Waals surface area contributed by atoms with E-state index in [9.17, 15) is 24.3 Å². The number of nitrogens with one attached hydrogen (secondary N) is 3. The van der Waals surface area contributed by atoms with Gasteiger partial charge in [0, 0.05) is 30.1 Å². The van der Waals surface area contributed by atoms with Gasteiger partial charge in [-0.1, -0.05) is 30.3 Å². The smallest absolute Gasteiger partial charge is 0.322 e. The van der Waals surface area contributed by atoms with Gasteiger partial charge in [-0.2, -0.15) is 0 Å². The Kier molecular flexibility index (Phi) is 8.27. The van der Waals surface area contributed by atoms with Crippen molar-refractivity contribution in [3.8, 4) is 5.75 Å². The van der Waals surface area contributed by atoms with E-state index in [0.717, 1.165) is 22.0 Å². The number of aromatic hydroxyl groups is 1. The molecule has 3 unspecified atom stereocenters. The van der Waals surface area contributed by atoms with E-state index in [-0.39, 0.29) is 18.6 Å². The highest BCUT2D eigenvalue weighted by Crippen LogP contribution is 2.23. The summed E-state index contributed by atoms with van der Waals surface area (Å²) in [5, 5.41) is 24.4. The van der Waals surface area contributed by atoms with Crippen LogP contribution in [0.1, 0.15) is 24.0 Å². The zero-order chi connectivity index (χ0) is 27.2. The highest BCUT2D eigenvalue weighted by atomic mass is 16.4. The Hall–Kier alpha value is -4.38. The van der Waals surface area contributed by atoms with E-state index in [0.29, 0.717) is 19.4 Å². The molecule has 2 aromatic carbocycles. The number of phenols is 1. The zero-order valence-corrected chi connectivity index (χ0v) is 20.7. The molecule has 1 aliphatic rings. The second kappa shape index (κ2) is 11.8. The molecule has 1 aliphatic heterocycles. The molecule has 1 aromatic heterocycles. The van der Waals surface area contributed by atoms with Crippen LogP contribution in [0.2, 0.25) is 0 Å². The van der Waals surface area contributed by atoms with Crippen LogP contribution in [0.15, 0.2) is 54.7 Å². The topological polar surface area (TPSA) is 178 Å². The zero-order valence-electron chi connectivity index (χ0n) is 20.7. The average Bonchev–Trinajstić information content (AvgIpc) is 3.55. The van der Waals surface area contributed by atoms with Gasteiger partial charge in [0.25, 0.3) is 0 Å². The lowest BCUT2D eigenvalue weighted by Gasteiger charge is -2.29. The van der Waals surface area contributed by atoms with E-state index < -0.39 is 48.4 Å². The summed E-state index contributed by atoms with van der Waals surface area (Å²) >= 11 is 0. The normalized spacial score (nSPS) is 16.7. The van der Waals surface area contributed by atoms with Crippen LogP contribution in [0.5, 0.6) is 5.75 Å². The fraction of sp³-hybridized carbons (Fsp3) is 0.333. The summed E-state index contributed by atoms with van der Waals surface area (Å²) in [4.78, 5) is 55.0. The molecule has 11 heteroatoms. The Morgan fingerprint density at radius 3 is 2.55 bits per heavy atom. The van der Waals surface area contributed by atoms with Gasteiger partial charge in [-0.15, -0.1) is 0 Å². The molecule has 200 valence electrons. The minimum Gasteiger partial charge on any atom is -0.508 e. The van der Waals surface area contributed by atoms with Gasteiger partial charge in [-0.3, -0.25) is 19.2 Å². The van der Waals surface area contributed by atoms with Crippen LogP contribution in [0.4, 0.5) is 0 Å². The summed E-state index contributed by atoms with van der Waals surface area (Å²) in [5.41, 5.74) is 8.62. The highest BCUT2D eigenvalue weighted by molar-refractivity contribution is 5.95. The Morgan fingerprint density at radius 2 is 1.82 bits per heavy atom. The molecule has 1 saturated heterocycles. The van der Waals surface area contributed by atoms with Crippen LogP contribution in [0.3, 0.4) is 0 Å². The number of rotatable bonds is 10. The van der Waals surface area contributed by atoms with Gasteiger partial charge in [0.2, 0.25) is 17.7 Å². The van der Waals surface area contributed by atoms with Crippen molar-refractivity contribution in [3.05, 3.63) is 65.9 Å². The molecule has 0 aliphatic carbocycles. The number of phenolic OH excluding ortho intramolecular Hbond substituents is 1. The van der Waals surface area contributed by atoms with Gasteiger partial charge in [-0.25, -0.2) is 0 Å². The van der Waals surface area contributed by atoms with E-state index >= 15 is 0 Å². The van der Waals surface area contributed by atoms with Gasteiger partial charge >= 0.3 is 5.97 Å². The number of amides is 3. The molecule has 4 rings (SSSR count). The Labute approximate surface area is 219 Å². The van der Waals surface area contributed by atoms with Crippen LogP contribution in [-0.4, -0.2) is 75.0 Å². The Balaban J connectivity index is 1.54. The minimum absolute atomic E-state index is 0.101. The number of H-pyrrole nitrogens is 1. The number of hydrogen-bond donors (Lipinski definition) is 6. The molecule has 3 atom stereocenters. The summed E-state index contributed by atoms with van der Waals surface area (Å²) in [5.74, 6) is -2.58. The molecule has 0 radical (unpaired) electrons. The van der Waals surface area contributed by atoms with Crippen LogP contribution in [0, 0.1) is 0 Å². The third-order valence-corrected chi connectivity index (χ3v) is 6.69. The number of aliphatic carboxylic acids is 1. The predicted octanol–water partition coefficient (Wildman–Crippen LogP) is 0.663. The Bertz CT molecular complexity index is 1320. The van der Waals surface area contributed by atoms with Gasteiger partial charge in [-0.05, 0) is 48.6 Å². The number of likely N-dealkylation sites (tertiary alicyclic amines) is 1. The van der Waals surface area contributed by atoms with E-state index in [4.69, 9.17) is 10.8 Å². The fourth-order valence-corrected chi connectivity index (χ4v) is 4.76. The number of carboxylic acids is 1. The molecule has 2 heterocycles. The van der Waals surface area contributed by atoms with Crippen LogP contribution in [0.25, 0.3) is 10.9 Å². The monoisotopic (exact) mass is 521 g/mol. The highest BCUT2D eigenvalue weighted by Gasteiger charge is 2.38. The number of para-hydroxylation sites is 1. The lowest BCUT2D eigenvalue weighted by molar-refractivity contribution is -0.142. The first kappa shape index (κ1) is 26.7. The third kappa shape index (κ3) is 6.30. The number of carbonyl (C=O) groups excluding carboxylic acids is 3.